The van der Waals surface area contributed by atoms with Crippen LogP contribution < -0.4 is 0 Å². The number of rotatable bonds is 14. The molecule has 2 aromatic carbocycles. The molecular formula is C34H46O11. The van der Waals surface area contributed by atoms with Gasteiger partial charge >= 0.3 is 0 Å². The average molecular weight is 631 g/mol. The van der Waals surface area contributed by atoms with E-state index in [0.29, 0.717) is 12.4 Å². The van der Waals surface area contributed by atoms with E-state index in [9.17, 15) is 5.11 Å². The first-order valence-electron chi connectivity index (χ1n) is 15.3. The van der Waals surface area contributed by atoms with E-state index in [4.69, 9.17) is 47.4 Å². The Hall–Kier alpha value is -2.42. The number of hydrogen-bond acceptors (Lipinski definition) is 11. The Morgan fingerprint density at radius 2 is 1.42 bits per heavy atom. The van der Waals surface area contributed by atoms with Crippen molar-refractivity contribution in [1.29, 1.82) is 0 Å². The maximum absolute atomic E-state index is 11.4. The summed E-state index contributed by atoms with van der Waals surface area (Å²) < 4.78 is 61.4. The molecule has 0 amide bonds. The zero-order valence-corrected chi connectivity index (χ0v) is 26.8. The van der Waals surface area contributed by atoms with Gasteiger partial charge in [0.05, 0.1) is 19.8 Å². The van der Waals surface area contributed by atoms with Crippen LogP contribution in [0.3, 0.4) is 0 Å². The lowest BCUT2D eigenvalue weighted by Crippen LogP contribution is -2.55. The monoisotopic (exact) mass is 630 g/mol. The topological polar surface area (TPSA) is 113 Å². The molecule has 0 aromatic heterocycles. The summed E-state index contributed by atoms with van der Waals surface area (Å²) in [7, 11) is 3.07. The predicted molar refractivity (Wildman–Crippen MR) is 161 cm³/mol. The highest BCUT2D eigenvalue weighted by Gasteiger charge is 2.55. The van der Waals surface area contributed by atoms with E-state index in [2.05, 4.69) is 0 Å². The molecule has 0 spiro atoms. The number of methoxy groups -OCH3 is 2. The molecule has 2 aromatic rings. The van der Waals surface area contributed by atoms with Gasteiger partial charge in [0, 0.05) is 14.2 Å². The first-order chi connectivity index (χ1) is 21.6. The highest BCUT2D eigenvalue weighted by atomic mass is 16.8. The van der Waals surface area contributed by atoms with Crippen LogP contribution in [0.2, 0.25) is 0 Å². The molecule has 0 unspecified atom stereocenters. The zero-order valence-electron chi connectivity index (χ0n) is 26.8. The molecule has 3 aliphatic rings. The molecule has 11 heteroatoms. The summed E-state index contributed by atoms with van der Waals surface area (Å²) in [6, 6.07) is 19.5. The van der Waals surface area contributed by atoms with Crippen LogP contribution in [-0.4, -0.2) is 93.3 Å². The summed E-state index contributed by atoms with van der Waals surface area (Å²) in [5, 5.41) is 11.4. The fourth-order valence-electron chi connectivity index (χ4n) is 5.73. The van der Waals surface area contributed by atoms with Crippen molar-refractivity contribution in [1.82, 2.24) is 0 Å². The number of aliphatic hydroxyl groups is 1. The van der Waals surface area contributed by atoms with Crippen LogP contribution in [0.25, 0.3) is 0 Å². The van der Waals surface area contributed by atoms with Crippen LogP contribution in [0.5, 0.6) is 0 Å². The van der Waals surface area contributed by atoms with Crippen LogP contribution in [-0.2, 0) is 60.6 Å². The summed E-state index contributed by atoms with van der Waals surface area (Å²) in [5.41, 5.74) is 1.96. The number of aliphatic hydroxyl groups excluding tert-OH is 1. The van der Waals surface area contributed by atoms with Crippen LogP contribution in [0.1, 0.15) is 38.8 Å². The summed E-state index contributed by atoms with van der Waals surface area (Å²) in [4.78, 5) is 0. The lowest BCUT2D eigenvalue weighted by molar-refractivity contribution is -0.278. The Morgan fingerprint density at radius 3 is 2.02 bits per heavy atom. The smallest absolute Gasteiger partial charge is 0.229 e. The highest BCUT2D eigenvalue weighted by molar-refractivity contribution is 5.15. The average Bonchev–Trinajstić information content (AvgIpc) is 3.54. The lowest BCUT2D eigenvalue weighted by atomic mass is 10.0. The van der Waals surface area contributed by atoms with Gasteiger partial charge in [0.2, 0.25) is 6.29 Å². The predicted octanol–water partition coefficient (Wildman–Crippen LogP) is 4.07. The van der Waals surface area contributed by atoms with Crippen LogP contribution in [0, 0.1) is 0 Å². The lowest BCUT2D eigenvalue weighted by Gasteiger charge is -2.40. The van der Waals surface area contributed by atoms with Gasteiger partial charge in [-0.3, -0.25) is 0 Å². The molecule has 1 N–H and O–H groups in total. The second-order valence-electron chi connectivity index (χ2n) is 12.2. The van der Waals surface area contributed by atoms with Crippen molar-refractivity contribution < 1.29 is 52.5 Å². The number of ether oxygens (including phenoxy) is 10. The molecule has 0 bridgehead atoms. The fraction of sp³-hybridized carbons (Fsp3) is 0.588. The minimum atomic E-state index is -1.07. The Morgan fingerprint density at radius 1 is 0.800 bits per heavy atom. The number of benzene rings is 2. The minimum absolute atomic E-state index is 0.117. The van der Waals surface area contributed by atoms with Crippen LogP contribution >= 0.6 is 0 Å². The molecule has 3 heterocycles. The fourth-order valence-corrected chi connectivity index (χ4v) is 5.73. The van der Waals surface area contributed by atoms with Gasteiger partial charge in [0.25, 0.3) is 0 Å². The number of hydrogen-bond donors (Lipinski definition) is 1. The minimum Gasteiger partial charge on any atom is -0.464 e. The molecule has 11 nitrogen and oxygen atoms in total. The van der Waals surface area contributed by atoms with E-state index in [-0.39, 0.29) is 19.8 Å². The van der Waals surface area contributed by atoms with Crippen molar-refractivity contribution in [2.24, 2.45) is 0 Å². The van der Waals surface area contributed by atoms with Crippen molar-refractivity contribution >= 4 is 0 Å². The van der Waals surface area contributed by atoms with E-state index in [0.717, 1.165) is 11.1 Å². The molecular weight excluding hydrogens is 584 g/mol. The quantitative estimate of drug-likeness (QED) is 0.305. The molecule has 2 saturated heterocycles. The van der Waals surface area contributed by atoms with E-state index < -0.39 is 60.8 Å². The standard InChI is InChI=1S/C34H46O11/c1-33(2)40-21-26(43-33)28(29-30(31(36-5)37-6)45-34(3,4)44-29)42-32-27(39-19-23-15-11-8-12-16-23)25(35)17-24(41-32)20-38-18-22-13-9-7-10-14-22/h7-17,25-32,35H,18-21H2,1-6H3/t25-,26+,27+,28+,29-,30+,32-/m0/s1. The second-order valence-corrected chi connectivity index (χ2v) is 12.2. The van der Waals surface area contributed by atoms with Gasteiger partial charge in [-0.05, 0) is 44.9 Å². The van der Waals surface area contributed by atoms with Crippen molar-refractivity contribution in [3.63, 3.8) is 0 Å². The maximum Gasteiger partial charge on any atom is 0.229 e. The molecule has 248 valence electrons. The third-order valence-corrected chi connectivity index (χ3v) is 7.78. The van der Waals surface area contributed by atoms with Gasteiger partial charge in [-0.2, -0.15) is 0 Å². The second kappa shape index (κ2) is 15.0. The summed E-state index contributed by atoms with van der Waals surface area (Å²) >= 11 is 0. The Kier molecular flexibility index (Phi) is 11.3. The third kappa shape index (κ3) is 8.89. The van der Waals surface area contributed by atoms with Gasteiger partial charge in [-0.25, -0.2) is 0 Å². The maximum atomic E-state index is 11.4. The van der Waals surface area contributed by atoms with Crippen molar-refractivity contribution in [3.05, 3.63) is 83.6 Å². The summed E-state index contributed by atoms with van der Waals surface area (Å²) in [5.74, 6) is -1.42. The summed E-state index contributed by atoms with van der Waals surface area (Å²) in [6.45, 7) is 8.25. The van der Waals surface area contributed by atoms with Crippen molar-refractivity contribution in [3.8, 4) is 0 Å². The van der Waals surface area contributed by atoms with Crippen LogP contribution in [0.4, 0.5) is 0 Å². The Balaban J connectivity index is 1.40. The first kappa shape index (κ1) is 33.9. The third-order valence-electron chi connectivity index (χ3n) is 7.78. The molecule has 5 rings (SSSR count). The van der Waals surface area contributed by atoms with E-state index in [1.807, 2.05) is 88.4 Å². The van der Waals surface area contributed by atoms with E-state index >= 15 is 0 Å². The molecule has 3 aliphatic heterocycles. The normalized spacial score (nSPS) is 29.8. The van der Waals surface area contributed by atoms with Gasteiger partial charge in [-0.1, -0.05) is 60.7 Å². The van der Waals surface area contributed by atoms with Crippen molar-refractivity contribution in [2.75, 3.05) is 27.4 Å². The van der Waals surface area contributed by atoms with Gasteiger partial charge in [0.1, 0.15) is 49.0 Å². The molecule has 45 heavy (non-hydrogen) atoms. The largest absolute Gasteiger partial charge is 0.464 e. The van der Waals surface area contributed by atoms with Crippen molar-refractivity contribution in [2.45, 2.75) is 102 Å². The Bertz CT molecular complexity index is 1220. The molecule has 0 saturated carbocycles. The molecule has 0 radical (unpaired) electrons. The van der Waals surface area contributed by atoms with Gasteiger partial charge in [-0.15, -0.1) is 0 Å². The van der Waals surface area contributed by atoms with Crippen LogP contribution in [0.15, 0.2) is 72.5 Å². The molecule has 0 aliphatic carbocycles. The van der Waals surface area contributed by atoms with E-state index in [1.165, 1.54) is 14.2 Å². The molecule has 7 atom stereocenters. The Labute approximate surface area is 265 Å². The van der Waals surface area contributed by atoms with E-state index in [1.54, 1.807) is 6.08 Å². The first-order valence-corrected chi connectivity index (χ1v) is 15.3. The van der Waals surface area contributed by atoms with Gasteiger partial charge in [0.15, 0.2) is 17.9 Å². The summed E-state index contributed by atoms with van der Waals surface area (Å²) in [6.07, 6.45) is -4.99. The SMILES string of the molecule is COC(OC)[C@@H]1OC(C)(C)O[C@H]1[C@H](O[C@@H]1OC(COCc2ccccc2)=C[C@H](O)[C@H]1OCc1ccccc1)[C@H]1COC(C)(C)O1. The zero-order chi connectivity index (χ0) is 32.0. The highest BCUT2D eigenvalue weighted by Crippen LogP contribution is 2.39. The molecule has 2 fully saturated rings. The van der Waals surface area contributed by atoms with Gasteiger partial charge < -0.3 is 52.5 Å².